The Morgan fingerprint density at radius 2 is 2.00 bits per heavy atom. The van der Waals surface area contributed by atoms with E-state index in [9.17, 15) is 14.4 Å². The Labute approximate surface area is 164 Å². The quantitative estimate of drug-likeness (QED) is 0.808. The van der Waals surface area contributed by atoms with Gasteiger partial charge in [0.1, 0.15) is 10.7 Å². The van der Waals surface area contributed by atoms with E-state index in [4.69, 9.17) is 4.74 Å². The molecule has 0 atom stereocenters. The van der Waals surface area contributed by atoms with Crippen LogP contribution in [0, 0.1) is 6.92 Å². The average molecular weight is 411 g/mol. The van der Waals surface area contributed by atoms with Gasteiger partial charge in [0.05, 0.1) is 23.5 Å². The Balaban J connectivity index is 1.47. The molecule has 0 unspecified atom stereocenters. The molecule has 10 heteroatoms. The molecule has 1 aliphatic rings. The number of nitrogens with one attached hydrogen (secondary N) is 1. The maximum Gasteiger partial charge on any atom is 0.409 e. The van der Waals surface area contributed by atoms with Gasteiger partial charge in [-0.1, -0.05) is 0 Å². The van der Waals surface area contributed by atoms with E-state index in [1.165, 1.54) is 23.1 Å². The summed E-state index contributed by atoms with van der Waals surface area (Å²) in [5, 5.41) is 0.613. The molecule has 1 N–H and O–H groups in total. The molecule has 146 valence electrons. The Morgan fingerprint density at radius 1 is 1.30 bits per heavy atom. The highest BCUT2D eigenvalue weighted by Crippen LogP contribution is 2.21. The van der Waals surface area contributed by atoms with E-state index < -0.39 is 0 Å². The number of ether oxygens (including phenoxy) is 1. The van der Waals surface area contributed by atoms with Crippen molar-refractivity contribution in [2.75, 3.05) is 38.5 Å². The number of aryl methyl sites for hydroxylation is 1. The van der Waals surface area contributed by atoms with Crippen LogP contribution in [-0.4, -0.2) is 70.3 Å². The molecule has 0 bridgehead atoms. The van der Waals surface area contributed by atoms with Crippen LogP contribution in [0.25, 0.3) is 10.2 Å². The zero-order valence-electron chi connectivity index (χ0n) is 15.3. The van der Waals surface area contributed by atoms with Gasteiger partial charge >= 0.3 is 6.09 Å². The minimum atomic E-state index is -0.326. The van der Waals surface area contributed by atoms with Crippen molar-refractivity contribution in [2.45, 2.75) is 19.6 Å². The molecule has 2 aromatic heterocycles. The second-order valence-corrected chi connectivity index (χ2v) is 8.37. The molecule has 0 saturated carbocycles. The topological polar surface area (TPSA) is 95.6 Å². The van der Waals surface area contributed by atoms with Crippen molar-refractivity contribution in [3.63, 3.8) is 0 Å². The summed E-state index contributed by atoms with van der Waals surface area (Å²) in [5.74, 6) is 1.39. The van der Waals surface area contributed by atoms with Gasteiger partial charge in [-0.15, -0.1) is 23.1 Å². The smallest absolute Gasteiger partial charge is 0.409 e. The summed E-state index contributed by atoms with van der Waals surface area (Å²) in [6.07, 6.45) is -0.326. The zero-order valence-corrected chi connectivity index (χ0v) is 17.0. The van der Waals surface area contributed by atoms with Crippen LogP contribution in [0.5, 0.6) is 0 Å². The summed E-state index contributed by atoms with van der Waals surface area (Å²) in [5.41, 5.74) is -0.138. The van der Waals surface area contributed by atoms with Crippen molar-refractivity contribution in [1.82, 2.24) is 19.8 Å². The molecule has 8 nitrogen and oxygen atoms in total. The average Bonchev–Trinajstić information content (AvgIpc) is 3.03. The van der Waals surface area contributed by atoms with Crippen LogP contribution in [0.15, 0.2) is 10.9 Å². The highest BCUT2D eigenvalue weighted by molar-refractivity contribution is 7.99. The molecule has 3 heterocycles. The number of aromatic amines is 1. The lowest BCUT2D eigenvalue weighted by Crippen LogP contribution is -2.51. The molecule has 3 rings (SSSR count). The Morgan fingerprint density at radius 3 is 2.70 bits per heavy atom. The Bertz CT molecular complexity index is 887. The number of amides is 2. The number of nitrogens with zero attached hydrogens (tertiary/aromatic N) is 3. The van der Waals surface area contributed by atoms with Crippen LogP contribution in [0.2, 0.25) is 0 Å². The monoisotopic (exact) mass is 410 g/mol. The van der Waals surface area contributed by atoms with E-state index >= 15 is 0 Å². The van der Waals surface area contributed by atoms with Gasteiger partial charge in [-0.05, 0) is 19.9 Å². The fourth-order valence-electron chi connectivity index (χ4n) is 2.84. The van der Waals surface area contributed by atoms with E-state index in [0.29, 0.717) is 55.5 Å². The lowest BCUT2D eigenvalue weighted by atomic mass is 10.3. The number of hydrogen-bond donors (Lipinski definition) is 1. The van der Waals surface area contributed by atoms with E-state index in [1.807, 2.05) is 13.0 Å². The number of carbonyl (C=O) groups excluding carboxylic acids is 2. The molecule has 1 saturated heterocycles. The van der Waals surface area contributed by atoms with Crippen molar-refractivity contribution >= 4 is 45.3 Å². The molecule has 2 amide bonds. The maximum atomic E-state index is 12.4. The van der Waals surface area contributed by atoms with Gasteiger partial charge in [0.2, 0.25) is 5.91 Å². The minimum absolute atomic E-state index is 0.0268. The largest absolute Gasteiger partial charge is 0.450 e. The first-order valence-corrected chi connectivity index (χ1v) is 10.7. The third-order valence-electron chi connectivity index (χ3n) is 4.20. The van der Waals surface area contributed by atoms with Crippen LogP contribution in [0.1, 0.15) is 17.6 Å². The van der Waals surface area contributed by atoms with Gasteiger partial charge in [0.25, 0.3) is 5.56 Å². The summed E-state index contributed by atoms with van der Waals surface area (Å²) >= 11 is 2.91. The van der Waals surface area contributed by atoms with E-state index in [1.54, 1.807) is 16.7 Å². The van der Waals surface area contributed by atoms with Crippen LogP contribution in [0.3, 0.4) is 0 Å². The van der Waals surface area contributed by atoms with Crippen molar-refractivity contribution in [2.24, 2.45) is 0 Å². The first kappa shape index (κ1) is 19.7. The molecular weight excluding hydrogens is 388 g/mol. The van der Waals surface area contributed by atoms with Crippen molar-refractivity contribution in [3.05, 3.63) is 27.1 Å². The number of fused-ring (bicyclic) bond motifs is 1. The fraction of sp³-hybridized carbons (Fsp3) is 0.529. The summed E-state index contributed by atoms with van der Waals surface area (Å²) in [4.78, 5) is 48.5. The number of H-pyrrole nitrogens is 1. The predicted molar refractivity (Wildman–Crippen MR) is 106 cm³/mol. The number of aromatic nitrogens is 2. The number of rotatable bonds is 5. The first-order chi connectivity index (χ1) is 13.0. The zero-order chi connectivity index (χ0) is 19.4. The van der Waals surface area contributed by atoms with Gasteiger partial charge < -0.3 is 19.5 Å². The lowest BCUT2D eigenvalue weighted by molar-refractivity contribution is -0.129. The molecule has 27 heavy (non-hydrogen) atoms. The molecule has 0 aromatic carbocycles. The summed E-state index contributed by atoms with van der Waals surface area (Å²) in [7, 11) is 0. The van der Waals surface area contributed by atoms with Gasteiger partial charge in [-0.25, -0.2) is 9.78 Å². The standard InChI is InChI=1S/C17H22N4O4S2/c1-3-25-17(24)21-6-4-20(5-7-21)14(22)10-26-9-13-18-15(23)12-8-11(2)27-16(12)19-13/h8H,3-7,9-10H2,1-2H3,(H,18,19,23). The lowest BCUT2D eigenvalue weighted by Gasteiger charge is -2.34. The minimum Gasteiger partial charge on any atom is -0.450 e. The molecule has 0 spiro atoms. The number of carbonyl (C=O) groups is 2. The van der Waals surface area contributed by atoms with E-state index in [-0.39, 0.29) is 17.6 Å². The molecule has 0 aliphatic carbocycles. The van der Waals surface area contributed by atoms with E-state index in [2.05, 4.69) is 9.97 Å². The third-order valence-corrected chi connectivity index (χ3v) is 6.07. The Hall–Kier alpha value is -2.07. The van der Waals surface area contributed by atoms with Gasteiger partial charge in [-0.2, -0.15) is 0 Å². The van der Waals surface area contributed by atoms with Crippen molar-refractivity contribution in [1.29, 1.82) is 0 Å². The van der Waals surface area contributed by atoms with Gasteiger partial charge in [-0.3, -0.25) is 9.59 Å². The van der Waals surface area contributed by atoms with Crippen molar-refractivity contribution in [3.8, 4) is 0 Å². The Kier molecular flexibility index (Phi) is 6.38. The third kappa shape index (κ3) is 4.81. The number of thioether (sulfide) groups is 1. The summed E-state index contributed by atoms with van der Waals surface area (Å²) in [6, 6.07) is 1.84. The number of thiophene rings is 1. The normalized spacial score (nSPS) is 14.6. The predicted octanol–water partition coefficient (Wildman–Crippen LogP) is 1.83. The number of piperazine rings is 1. The van der Waals surface area contributed by atoms with Crippen LogP contribution < -0.4 is 5.56 Å². The van der Waals surface area contributed by atoms with Gasteiger partial charge in [0, 0.05) is 31.1 Å². The molecule has 1 fully saturated rings. The highest BCUT2D eigenvalue weighted by Gasteiger charge is 2.24. The van der Waals surface area contributed by atoms with Crippen LogP contribution in [-0.2, 0) is 15.3 Å². The fourth-order valence-corrected chi connectivity index (χ4v) is 4.53. The van der Waals surface area contributed by atoms with E-state index in [0.717, 1.165) is 9.71 Å². The van der Waals surface area contributed by atoms with Crippen LogP contribution >= 0.6 is 23.1 Å². The highest BCUT2D eigenvalue weighted by atomic mass is 32.2. The summed E-state index contributed by atoms with van der Waals surface area (Å²) in [6.45, 7) is 6.05. The van der Waals surface area contributed by atoms with Crippen molar-refractivity contribution < 1.29 is 14.3 Å². The summed E-state index contributed by atoms with van der Waals surface area (Å²) < 4.78 is 4.98. The van der Waals surface area contributed by atoms with Crippen LogP contribution in [0.4, 0.5) is 4.79 Å². The second-order valence-electron chi connectivity index (χ2n) is 6.15. The molecule has 2 aromatic rings. The molecule has 0 radical (unpaired) electrons. The SMILES string of the molecule is CCOC(=O)N1CCN(C(=O)CSCc2nc3sc(C)cc3c(=O)[nH]2)CC1. The molecule has 1 aliphatic heterocycles. The number of hydrogen-bond acceptors (Lipinski definition) is 7. The second kappa shape index (κ2) is 8.75. The molecular formula is C17H22N4O4S2. The first-order valence-electron chi connectivity index (χ1n) is 8.74. The van der Waals surface area contributed by atoms with Gasteiger partial charge in [0.15, 0.2) is 0 Å². The maximum absolute atomic E-state index is 12.4.